The fourth-order valence-electron chi connectivity index (χ4n) is 7.39. The molecule has 168 valence electrons. The monoisotopic (exact) mass is 423 g/mol. The van der Waals surface area contributed by atoms with E-state index in [9.17, 15) is 9.59 Å². The summed E-state index contributed by atoms with van der Waals surface area (Å²) in [6, 6.07) is 10.7. The molecule has 1 saturated heterocycles. The highest BCUT2D eigenvalue weighted by Crippen LogP contribution is 2.60. The Hall–Kier alpha value is -1.88. The second-order valence-corrected chi connectivity index (χ2v) is 10.9. The maximum absolute atomic E-state index is 13.1. The van der Waals surface area contributed by atoms with Crippen LogP contribution in [0, 0.1) is 23.2 Å². The normalized spacial score (nSPS) is 34.7. The molecule has 1 aromatic rings. The van der Waals surface area contributed by atoms with E-state index in [4.69, 9.17) is 0 Å². The second kappa shape index (κ2) is 8.57. The van der Waals surface area contributed by atoms with Gasteiger partial charge < -0.3 is 10.2 Å². The fourth-order valence-corrected chi connectivity index (χ4v) is 7.39. The predicted octanol–water partition coefficient (Wildman–Crippen LogP) is 3.44. The molecule has 4 aliphatic carbocycles. The molecule has 1 aromatic carbocycles. The van der Waals surface area contributed by atoms with E-state index in [1.54, 1.807) is 0 Å². The number of hydrogen-bond donors (Lipinski definition) is 1. The Labute approximate surface area is 186 Å². The van der Waals surface area contributed by atoms with Gasteiger partial charge >= 0.3 is 0 Å². The summed E-state index contributed by atoms with van der Waals surface area (Å²) < 4.78 is 0. The summed E-state index contributed by atoms with van der Waals surface area (Å²) >= 11 is 0. The summed E-state index contributed by atoms with van der Waals surface area (Å²) in [6.07, 6.45) is 7.70. The first-order chi connectivity index (χ1) is 15.0. The highest BCUT2D eigenvalue weighted by Gasteiger charge is 2.54. The number of carbonyl (C=O) groups excluding carboxylic acids is 2. The van der Waals surface area contributed by atoms with Crippen LogP contribution >= 0.6 is 0 Å². The van der Waals surface area contributed by atoms with Gasteiger partial charge in [0.15, 0.2) is 0 Å². The number of rotatable bonds is 6. The number of amides is 2. The third-order valence-corrected chi connectivity index (χ3v) is 8.43. The molecule has 6 rings (SSSR count). The molecular formula is C26H37N3O2. The molecule has 0 radical (unpaired) electrons. The van der Waals surface area contributed by atoms with Crippen LogP contribution in [0.25, 0.3) is 0 Å². The van der Waals surface area contributed by atoms with Crippen LogP contribution in [0.4, 0.5) is 0 Å². The number of carbonyl (C=O) groups is 2. The molecule has 1 atom stereocenters. The van der Waals surface area contributed by atoms with Crippen molar-refractivity contribution in [1.29, 1.82) is 0 Å². The van der Waals surface area contributed by atoms with E-state index in [2.05, 4.69) is 41.4 Å². The maximum Gasteiger partial charge on any atom is 0.226 e. The summed E-state index contributed by atoms with van der Waals surface area (Å²) in [6.45, 7) is 6.15. The van der Waals surface area contributed by atoms with E-state index >= 15 is 0 Å². The zero-order valence-electron chi connectivity index (χ0n) is 18.9. The summed E-state index contributed by atoms with van der Waals surface area (Å²) in [5.74, 6) is 2.72. The van der Waals surface area contributed by atoms with Crippen molar-refractivity contribution in [1.82, 2.24) is 15.1 Å². The third-order valence-electron chi connectivity index (χ3n) is 8.43. The van der Waals surface area contributed by atoms with Gasteiger partial charge in [0, 0.05) is 50.6 Å². The van der Waals surface area contributed by atoms with Crippen LogP contribution in [0.1, 0.15) is 57.4 Å². The van der Waals surface area contributed by atoms with Crippen LogP contribution in [0.2, 0.25) is 0 Å². The van der Waals surface area contributed by atoms with Crippen LogP contribution in [0.3, 0.4) is 0 Å². The van der Waals surface area contributed by atoms with E-state index in [1.807, 2.05) is 11.0 Å². The Morgan fingerprint density at radius 1 is 1.00 bits per heavy atom. The quantitative estimate of drug-likeness (QED) is 0.763. The Kier molecular flexibility index (Phi) is 5.80. The minimum atomic E-state index is -0.117. The number of piperazine rings is 1. The first-order valence-electron chi connectivity index (χ1n) is 12.3. The molecule has 0 aromatic heterocycles. The zero-order chi connectivity index (χ0) is 21.4. The molecule has 5 fully saturated rings. The largest absolute Gasteiger partial charge is 0.355 e. The average Bonchev–Trinajstić information content (AvgIpc) is 2.73. The van der Waals surface area contributed by atoms with E-state index < -0.39 is 0 Å². The summed E-state index contributed by atoms with van der Waals surface area (Å²) in [5.41, 5.74) is 1.20. The van der Waals surface area contributed by atoms with Crippen molar-refractivity contribution in [3.63, 3.8) is 0 Å². The predicted molar refractivity (Wildman–Crippen MR) is 121 cm³/mol. The van der Waals surface area contributed by atoms with Gasteiger partial charge in [0.05, 0.1) is 0 Å². The Bertz CT molecular complexity index is 773. The van der Waals surface area contributed by atoms with E-state index in [0.29, 0.717) is 13.0 Å². The topological polar surface area (TPSA) is 52.6 Å². The molecule has 4 saturated carbocycles. The lowest BCUT2D eigenvalue weighted by atomic mass is 9.49. The molecule has 4 bridgehead atoms. The van der Waals surface area contributed by atoms with Gasteiger partial charge in [0.2, 0.25) is 11.8 Å². The summed E-state index contributed by atoms with van der Waals surface area (Å²) in [7, 11) is 0. The number of benzene rings is 1. The number of hydrogen-bond acceptors (Lipinski definition) is 3. The average molecular weight is 424 g/mol. The standard InChI is InChI=1S/C26H37N3O2/c1-19-17-28(18-20-5-3-2-4-6-20)9-10-29(19)24(30)7-8-27-25(31)26-14-21-11-22(15-26)13-23(12-21)16-26/h2-6,19,21-23H,7-18H2,1H3,(H,27,31). The summed E-state index contributed by atoms with van der Waals surface area (Å²) in [5, 5.41) is 3.17. The van der Waals surface area contributed by atoms with Crippen molar-refractivity contribution < 1.29 is 9.59 Å². The molecule has 2 amide bonds. The SMILES string of the molecule is CC1CN(Cc2ccccc2)CCN1C(=O)CCNC(=O)C12CC3CC(CC(C3)C1)C2. The first-order valence-corrected chi connectivity index (χ1v) is 12.3. The molecule has 1 unspecified atom stereocenters. The third kappa shape index (κ3) is 4.39. The van der Waals surface area contributed by atoms with Gasteiger partial charge in [-0.3, -0.25) is 14.5 Å². The highest BCUT2D eigenvalue weighted by atomic mass is 16.2. The summed E-state index contributed by atoms with van der Waals surface area (Å²) in [4.78, 5) is 30.4. The van der Waals surface area contributed by atoms with Crippen molar-refractivity contribution in [2.24, 2.45) is 23.2 Å². The van der Waals surface area contributed by atoms with E-state index in [1.165, 1.54) is 24.8 Å². The van der Waals surface area contributed by atoms with Crippen molar-refractivity contribution in [2.45, 2.75) is 64.5 Å². The molecule has 5 heteroatoms. The van der Waals surface area contributed by atoms with Crippen LogP contribution in [-0.4, -0.2) is 53.8 Å². The molecule has 31 heavy (non-hydrogen) atoms. The number of nitrogens with one attached hydrogen (secondary N) is 1. The van der Waals surface area contributed by atoms with Crippen LogP contribution in [0.15, 0.2) is 30.3 Å². The number of nitrogens with zero attached hydrogens (tertiary/aromatic N) is 2. The van der Waals surface area contributed by atoms with Gasteiger partial charge in [0.25, 0.3) is 0 Å². The minimum absolute atomic E-state index is 0.117. The fraction of sp³-hybridized carbons (Fsp3) is 0.692. The van der Waals surface area contributed by atoms with Crippen molar-refractivity contribution >= 4 is 11.8 Å². The van der Waals surface area contributed by atoms with Gasteiger partial charge in [-0.25, -0.2) is 0 Å². The Balaban J connectivity index is 1.08. The van der Waals surface area contributed by atoms with E-state index in [-0.39, 0.29) is 23.3 Å². The highest BCUT2D eigenvalue weighted by molar-refractivity contribution is 5.84. The van der Waals surface area contributed by atoms with Crippen LogP contribution in [-0.2, 0) is 16.1 Å². The van der Waals surface area contributed by atoms with Gasteiger partial charge in [-0.2, -0.15) is 0 Å². The molecule has 1 aliphatic heterocycles. The van der Waals surface area contributed by atoms with Gasteiger partial charge in [-0.15, -0.1) is 0 Å². The lowest BCUT2D eigenvalue weighted by Crippen LogP contribution is -2.55. The molecule has 5 aliphatic rings. The second-order valence-electron chi connectivity index (χ2n) is 10.9. The van der Waals surface area contributed by atoms with E-state index in [0.717, 1.165) is 63.2 Å². The van der Waals surface area contributed by atoms with Crippen molar-refractivity contribution in [3.05, 3.63) is 35.9 Å². The van der Waals surface area contributed by atoms with Gasteiger partial charge in [-0.05, 0) is 68.8 Å². The van der Waals surface area contributed by atoms with Gasteiger partial charge in [-0.1, -0.05) is 30.3 Å². The molecule has 1 N–H and O–H groups in total. The van der Waals surface area contributed by atoms with Gasteiger partial charge in [0.1, 0.15) is 0 Å². The zero-order valence-corrected chi connectivity index (χ0v) is 18.9. The van der Waals surface area contributed by atoms with Crippen LogP contribution in [0.5, 0.6) is 0 Å². The minimum Gasteiger partial charge on any atom is -0.355 e. The lowest BCUT2D eigenvalue weighted by molar-refractivity contribution is -0.146. The Morgan fingerprint density at radius 2 is 1.65 bits per heavy atom. The van der Waals surface area contributed by atoms with Crippen LogP contribution < -0.4 is 5.32 Å². The Morgan fingerprint density at radius 3 is 2.26 bits per heavy atom. The maximum atomic E-state index is 13.1. The molecule has 0 spiro atoms. The molecular weight excluding hydrogens is 386 g/mol. The lowest BCUT2D eigenvalue weighted by Gasteiger charge is -2.55. The van der Waals surface area contributed by atoms with Crippen molar-refractivity contribution in [2.75, 3.05) is 26.2 Å². The smallest absolute Gasteiger partial charge is 0.226 e. The van der Waals surface area contributed by atoms with Crippen molar-refractivity contribution in [3.8, 4) is 0 Å². The molecule has 5 nitrogen and oxygen atoms in total. The first kappa shape index (κ1) is 21.0. The molecule has 1 heterocycles.